The molecule has 6 nitrogen and oxygen atoms in total. The first-order valence-electron chi connectivity index (χ1n) is 5.88. The number of amides is 1. The summed E-state index contributed by atoms with van der Waals surface area (Å²) in [6.07, 6.45) is 1.51. The number of aromatic amines is 2. The number of fused-ring (bicyclic) bond motifs is 1. The molecule has 0 bridgehead atoms. The minimum Gasteiger partial charge on any atom is -0.325 e. The second kappa shape index (κ2) is 5.05. The first-order valence-corrected chi connectivity index (χ1v) is 5.88. The number of H-pyrrole nitrogens is 2. The second-order valence-electron chi connectivity index (χ2n) is 4.22. The molecular weight excluding hydrogens is 232 g/mol. The van der Waals surface area contributed by atoms with E-state index in [1.165, 1.54) is 0 Å². The number of hydrogen-bond acceptors (Lipinski definition) is 3. The third kappa shape index (κ3) is 2.60. The minimum absolute atomic E-state index is 0.214. The number of carbonyl (C=O) groups is 1. The maximum atomic E-state index is 11.7. The molecule has 5 N–H and O–H groups in total. The average molecular weight is 248 g/mol. The highest BCUT2D eigenvalue weighted by Gasteiger charge is 2.12. The van der Waals surface area contributed by atoms with Crippen LogP contribution in [0.3, 0.4) is 0 Å². The molecule has 0 radical (unpaired) electrons. The fraction of sp³-hybridized carbons (Fsp3) is 0.333. The lowest BCUT2D eigenvalue weighted by Crippen LogP contribution is -2.35. The lowest BCUT2D eigenvalue weighted by atomic mass is 10.1. The van der Waals surface area contributed by atoms with Crippen LogP contribution in [0.25, 0.3) is 11.0 Å². The molecule has 0 aliphatic carbocycles. The van der Waals surface area contributed by atoms with Crippen LogP contribution in [0.5, 0.6) is 0 Å². The Hall–Kier alpha value is -2.08. The van der Waals surface area contributed by atoms with Crippen molar-refractivity contribution in [2.24, 2.45) is 5.73 Å². The average Bonchev–Trinajstić information content (AvgIpc) is 2.68. The maximum Gasteiger partial charge on any atom is 0.323 e. The standard InChI is InChI=1S/C12H16N4O2/c1-2-3-8(13)11(17)14-7-4-5-9-10(6-7)16-12(18)15-9/h4-6,8H,2-3,13H2,1H3,(H,14,17)(H2,15,16,18)/t8-/m1/s1. The summed E-state index contributed by atoms with van der Waals surface area (Å²) in [6, 6.07) is 4.65. The van der Waals surface area contributed by atoms with E-state index in [4.69, 9.17) is 5.73 Å². The third-order valence-electron chi connectivity index (χ3n) is 2.72. The van der Waals surface area contributed by atoms with Crippen LogP contribution in [0.1, 0.15) is 19.8 Å². The van der Waals surface area contributed by atoms with Crippen LogP contribution in [-0.4, -0.2) is 21.9 Å². The maximum absolute atomic E-state index is 11.7. The van der Waals surface area contributed by atoms with Crippen molar-refractivity contribution in [2.45, 2.75) is 25.8 Å². The molecule has 1 aromatic heterocycles. The van der Waals surface area contributed by atoms with Gasteiger partial charge in [-0.3, -0.25) is 4.79 Å². The van der Waals surface area contributed by atoms with Gasteiger partial charge in [-0.1, -0.05) is 13.3 Å². The molecule has 6 heteroatoms. The Bertz CT molecular complexity index is 614. The van der Waals surface area contributed by atoms with Crippen LogP contribution in [0, 0.1) is 0 Å². The molecule has 0 unspecified atom stereocenters. The van der Waals surface area contributed by atoms with E-state index >= 15 is 0 Å². The number of imidazole rings is 1. The van der Waals surface area contributed by atoms with Gasteiger partial charge in [0.05, 0.1) is 17.1 Å². The van der Waals surface area contributed by atoms with E-state index in [1.54, 1.807) is 18.2 Å². The van der Waals surface area contributed by atoms with Gasteiger partial charge in [0.2, 0.25) is 5.91 Å². The van der Waals surface area contributed by atoms with Crippen molar-refractivity contribution in [1.82, 2.24) is 9.97 Å². The van der Waals surface area contributed by atoms with Gasteiger partial charge >= 0.3 is 5.69 Å². The number of nitrogens with one attached hydrogen (secondary N) is 3. The lowest BCUT2D eigenvalue weighted by Gasteiger charge is -2.11. The van der Waals surface area contributed by atoms with Gasteiger partial charge in [0, 0.05) is 5.69 Å². The fourth-order valence-electron chi connectivity index (χ4n) is 1.79. The number of rotatable bonds is 4. The van der Waals surface area contributed by atoms with Crippen LogP contribution in [0.4, 0.5) is 5.69 Å². The summed E-state index contributed by atoms with van der Waals surface area (Å²) < 4.78 is 0. The Morgan fingerprint density at radius 2 is 2.11 bits per heavy atom. The molecule has 0 aliphatic rings. The van der Waals surface area contributed by atoms with E-state index in [2.05, 4.69) is 15.3 Å². The molecule has 1 atom stereocenters. The van der Waals surface area contributed by atoms with Gasteiger partial charge in [-0.25, -0.2) is 4.79 Å². The Kier molecular flexibility index (Phi) is 3.47. The molecule has 96 valence electrons. The smallest absolute Gasteiger partial charge is 0.323 e. The van der Waals surface area contributed by atoms with E-state index in [0.29, 0.717) is 23.1 Å². The summed E-state index contributed by atoms with van der Waals surface area (Å²) >= 11 is 0. The van der Waals surface area contributed by atoms with E-state index in [1.807, 2.05) is 6.92 Å². The highest BCUT2D eigenvalue weighted by molar-refractivity contribution is 5.96. The molecule has 0 saturated carbocycles. The molecule has 1 aromatic carbocycles. The molecule has 2 rings (SSSR count). The zero-order valence-electron chi connectivity index (χ0n) is 10.1. The van der Waals surface area contributed by atoms with E-state index in [-0.39, 0.29) is 11.6 Å². The Labute approximate surface area is 104 Å². The molecule has 18 heavy (non-hydrogen) atoms. The first-order chi connectivity index (χ1) is 8.60. The van der Waals surface area contributed by atoms with E-state index in [0.717, 1.165) is 6.42 Å². The summed E-state index contributed by atoms with van der Waals surface area (Å²) in [7, 11) is 0. The fourth-order valence-corrected chi connectivity index (χ4v) is 1.79. The molecule has 1 amide bonds. The normalized spacial score (nSPS) is 12.6. The molecule has 0 saturated heterocycles. The van der Waals surface area contributed by atoms with Crippen LogP contribution in [0.15, 0.2) is 23.0 Å². The van der Waals surface area contributed by atoms with E-state index in [9.17, 15) is 9.59 Å². The van der Waals surface area contributed by atoms with Crippen LogP contribution < -0.4 is 16.7 Å². The van der Waals surface area contributed by atoms with Crippen molar-refractivity contribution in [3.05, 3.63) is 28.7 Å². The predicted octanol–water partition coefficient (Wildman–Crippen LogP) is 0.922. The molecule has 2 aromatic rings. The highest BCUT2D eigenvalue weighted by Crippen LogP contribution is 2.14. The zero-order valence-corrected chi connectivity index (χ0v) is 10.1. The Balaban J connectivity index is 2.16. The molecule has 0 aliphatic heterocycles. The van der Waals surface area contributed by atoms with Crippen molar-refractivity contribution in [1.29, 1.82) is 0 Å². The van der Waals surface area contributed by atoms with Gasteiger partial charge in [-0.2, -0.15) is 0 Å². The van der Waals surface area contributed by atoms with Crippen molar-refractivity contribution in [2.75, 3.05) is 5.32 Å². The number of hydrogen-bond donors (Lipinski definition) is 4. The largest absolute Gasteiger partial charge is 0.325 e. The number of anilines is 1. The SMILES string of the molecule is CCC[C@@H](N)C(=O)Nc1ccc2[nH]c(=O)[nH]c2c1. The van der Waals surface area contributed by atoms with Crippen molar-refractivity contribution < 1.29 is 4.79 Å². The quantitative estimate of drug-likeness (QED) is 0.646. The summed E-state index contributed by atoms with van der Waals surface area (Å²) in [4.78, 5) is 28.1. The van der Waals surface area contributed by atoms with Crippen molar-refractivity contribution in [3.8, 4) is 0 Å². The molecule has 0 spiro atoms. The predicted molar refractivity (Wildman–Crippen MR) is 70.4 cm³/mol. The highest BCUT2D eigenvalue weighted by atomic mass is 16.2. The first kappa shape index (κ1) is 12.4. The monoisotopic (exact) mass is 248 g/mol. The summed E-state index contributed by atoms with van der Waals surface area (Å²) in [5.74, 6) is -0.214. The zero-order chi connectivity index (χ0) is 13.1. The van der Waals surface area contributed by atoms with Gasteiger partial charge < -0.3 is 21.0 Å². The van der Waals surface area contributed by atoms with Gasteiger partial charge in [0.25, 0.3) is 0 Å². The lowest BCUT2D eigenvalue weighted by molar-refractivity contribution is -0.117. The van der Waals surface area contributed by atoms with Crippen LogP contribution >= 0.6 is 0 Å². The Morgan fingerprint density at radius 3 is 2.83 bits per heavy atom. The minimum atomic E-state index is -0.504. The number of nitrogens with two attached hydrogens (primary N) is 1. The number of carbonyl (C=O) groups excluding carboxylic acids is 1. The topological polar surface area (TPSA) is 104 Å². The van der Waals surface area contributed by atoms with E-state index < -0.39 is 6.04 Å². The van der Waals surface area contributed by atoms with Gasteiger partial charge in [-0.05, 0) is 24.6 Å². The van der Waals surface area contributed by atoms with Gasteiger partial charge in [-0.15, -0.1) is 0 Å². The van der Waals surface area contributed by atoms with Gasteiger partial charge in [0.15, 0.2) is 0 Å². The second-order valence-corrected chi connectivity index (χ2v) is 4.22. The van der Waals surface area contributed by atoms with Crippen LogP contribution in [-0.2, 0) is 4.79 Å². The molecule has 0 fully saturated rings. The summed E-state index contributed by atoms with van der Waals surface area (Å²) in [5, 5.41) is 2.73. The molecular formula is C12H16N4O2. The summed E-state index contributed by atoms with van der Waals surface area (Å²) in [5.41, 5.74) is 7.43. The van der Waals surface area contributed by atoms with Crippen LogP contribution in [0.2, 0.25) is 0 Å². The third-order valence-corrected chi connectivity index (χ3v) is 2.72. The van der Waals surface area contributed by atoms with Crippen molar-refractivity contribution in [3.63, 3.8) is 0 Å². The number of aromatic nitrogens is 2. The molecule has 1 heterocycles. The summed E-state index contributed by atoms with van der Waals surface area (Å²) in [6.45, 7) is 1.98. The number of benzene rings is 1. The Morgan fingerprint density at radius 1 is 1.39 bits per heavy atom. The van der Waals surface area contributed by atoms with Crippen molar-refractivity contribution >= 4 is 22.6 Å². The van der Waals surface area contributed by atoms with Gasteiger partial charge in [0.1, 0.15) is 0 Å².